The normalized spacial score (nSPS) is 15.8. The first-order chi connectivity index (χ1) is 15.8. The summed E-state index contributed by atoms with van der Waals surface area (Å²) in [5, 5.41) is 0. The lowest BCUT2D eigenvalue weighted by atomic mass is 9.91. The summed E-state index contributed by atoms with van der Waals surface area (Å²) in [7, 11) is 0. The van der Waals surface area contributed by atoms with Gasteiger partial charge in [0.1, 0.15) is 0 Å². The highest BCUT2D eigenvalue weighted by Gasteiger charge is 2.24. The van der Waals surface area contributed by atoms with Crippen LogP contribution in [0.5, 0.6) is 0 Å². The summed E-state index contributed by atoms with van der Waals surface area (Å²) in [5.74, 6) is 0.140. The van der Waals surface area contributed by atoms with E-state index in [1.807, 2.05) is 17.0 Å². The molecule has 0 atom stereocenters. The molecular formula is C26H29N3O2S. The van der Waals surface area contributed by atoms with Crippen LogP contribution >= 0.6 is 11.3 Å². The molecule has 5 nitrogen and oxygen atoms in total. The van der Waals surface area contributed by atoms with Crippen molar-refractivity contribution in [2.45, 2.75) is 25.8 Å². The third kappa shape index (κ3) is 4.77. The van der Waals surface area contributed by atoms with Crippen LogP contribution in [-0.4, -0.2) is 60.1 Å². The van der Waals surface area contributed by atoms with Crippen molar-refractivity contribution < 1.29 is 9.53 Å². The topological polar surface area (TPSA) is 45.7 Å². The number of benzene rings is 1. The van der Waals surface area contributed by atoms with Gasteiger partial charge in [-0.3, -0.25) is 14.7 Å². The Balaban J connectivity index is 1.34. The maximum atomic E-state index is 13.6. The highest BCUT2D eigenvalue weighted by Crippen LogP contribution is 2.39. The minimum atomic E-state index is 0.140. The van der Waals surface area contributed by atoms with E-state index in [9.17, 15) is 4.79 Å². The number of hydrogen-bond acceptors (Lipinski definition) is 5. The van der Waals surface area contributed by atoms with Crippen LogP contribution in [0.3, 0.4) is 0 Å². The summed E-state index contributed by atoms with van der Waals surface area (Å²) in [6, 6.07) is 14.7. The lowest BCUT2D eigenvalue weighted by Crippen LogP contribution is -2.39. The van der Waals surface area contributed by atoms with Crippen LogP contribution in [0.4, 0.5) is 0 Å². The number of carbonyl (C=O) groups is 1. The Morgan fingerprint density at radius 1 is 1.06 bits per heavy atom. The molecule has 0 radical (unpaired) electrons. The summed E-state index contributed by atoms with van der Waals surface area (Å²) in [5.41, 5.74) is 5.12. The molecule has 0 bridgehead atoms. The number of amides is 1. The molecule has 32 heavy (non-hydrogen) atoms. The molecule has 6 heteroatoms. The summed E-state index contributed by atoms with van der Waals surface area (Å²) in [4.78, 5) is 24.3. The molecule has 3 aromatic rings. The summed E-state index contributed by atoms with van der Waals surface area (Å²) in [6.45, 7) is 5.94. The Bertz CT molecular complexity index is 1060. The number of fused-ring (bicyclic) bond motifs is 3. The van der Waals surface area contributed by atoms with Crippen molar-refractivity contribution in [3.05, 3.63) is 76.4 Å². The van der Waals surface area contributed by atoms with E-state index in [-0.39, 0.29) is 5.91 Å². The molecule has 1 aliphatic carbocycles. The molecule has 1 amide bonds. The van der Waals surface area contributed by atoms with Crippen molar-refractivity contribution >= 4 is 17.2 Å². The SMILES string of the molecule is O=C(c1cc2c(s1)-c1ccccc1CC2)N(CCCN1CCOCC1)Cc1ccncc1. The van der Waals surface area contributed by atoms with Gasteiger partial charge in [-0.25, -0.2) is 0 Å². The number of ether oxygens (including phenoxy) is 1. The van der Waals surface area contributed by atoms with E-state index in [0.29, 0.717) is 6.54 Å². The molecule has 166 valence electrons. The van der Waals surface area contributed by atoms with Crippen LogP contribution in [0.25, 0.3) is 10.4 Å². The number of pyridine rings is 1. The number of aromatic nitrogens is 1. The zero-order valence-electron chi connectivity index (χ0n) is 18.3. The van der Waals surface area contributed by atoms with Crippen molar-refractivity contribution in [2.24, 2.45) is 0 Å². The third-order valence-corrected chi connectivity index (χ3v) is 7.56. The van der Waals surface area contributed by atoms with Crippen molar-refractivity contribution in [2.75, 3.05) is 39.4 Å². The van der Waals surface area contributed by atoms with Gasteiger partial charge in [0.2, 0.25) is 0 Å². The predicted octanol–water partition coefficient (Wildman–Crippen LogP) is 4.27. The first kappa shape index (κ1) is 21.3. The van der Waals surface area contributed by atoms with Gasteiger partial charge in [0.15, 0.2) is 0 Å². The van der Waals surface area contributed by atoms with Gasteiger partial charge in [-0.15, -0.1) is 11.3 Å². The Kier molecular flexibility index (Phi) is 6.62. The van der Waals surface area contributed by atoms with E-state index in [1.54, 1.807) is 23.7 Å². The van der Waals surface area contributed by atoms with Crippen molar-refractivity contribution in [3.63, 3.8) is 0 Å². The second kappa shape index (κ2) is 9.94. The summed E-state index contributed by atoms with van der Waals surface area (Å²) < 4.78 is 5.46. The first-order valence-electron chi connectivity index (χ1n) is 11.5. The Hall–Kier alpha value is -2.54. The van der Waals surface area contributed by atoms with E-state index >= 15 is 0 Å². The van der Waals surface area contributed by atoms with Gasteiger partial charge >= 0.3 is 0 Å². The standard InChI is InChI=1S/C26H29N3O2S/c30-26(24-18-22-7-6-21-4-1-2-5-23(21)25(22)32-24)29(19-20-8-10-27-11-9-20)13-3-12-28-14-16-31-17-15-28/h1-2,4-5,8-11,18H,3,6-7,12-17,19H2. The van der Waals surface area contributed by atoms with E-state index in [0.717, 1.165) is 69.1 Å². The molecule has 0 saturated carbocycles. The monoisotopic (exact) mass is 447 g/mol. The fourth-order valence-electron chi connectivity index (χ4n) is 4.60. The lowest BCUT2D eigenvalue weighted by molar-refractivity contribution is 0.0356. The average Bonchev–Trinajstić information content (AvgIpc) is 3.29. The number of rotatable bonds is 7. The number of aryl methyl sites for hydroxylation is 2. The van der Waals surface area contributed by atoms with Crippen molar-refractivity contribution in [3.8, 4) is 10.4 Å². The van der Waals surface area contributed by atoms with Crippen LogP contribution in [-0.2, 0) is 24.1 Å². The zero-order chi connectivity index (χ0) is 21.8. The Morgan fingerprint density at radius 2 is 1.84 bits per heavy atom. The average molecular weight is 448 g/mol. The van der Waals surface area contributed by atoms with Crippen molar-refractivity contribution in [1.82, 2.24) is 14.8 Å². The zero-order valence-corrected chi connectivity index (χ0v) is 19.2. The lowest BCUT2D eigenvalue weighted by Gasteiger charge is -2.28. The number of hydrogen-bond donors (Lipinski definition) is 0. The molecule has 2 aromatic heterocycles. The molecule has 0 spiro atoms. The molecule has 0 N–H and O–H groups in total. The number of nitrogens with zero attached hydrogens (tertiary/aromatic N) is 3. The van der Waals surface area contributed by atoms with Crippen LogP contribution in [0.15, 0.2) is 54.9 Å². The Morgan fingerprint density at radius 3 is 2.69 bits per heavy atom. The van der Waals surface area contributed by atoms with Gasteiger partial charge in [0.25, 0.3) is 5.91 Å². The molecule has 2 aliphatic rings. The molecule has 5 rings (SSSR count). The molecule has 1 fully saturated rings. The fourth-order valence-corrected chi connectivity index (χ4v) is 5.84. The van der Waals surface area contributed by atoms with Crippen LogP contribution in [0.2, 0.25) is 0 Å². The molecule has 1 aliphatic heterocycles. The minimum Gasteiger partial charge on any atom is -0.379 e. The minimum absolute atomic E-state index is 0.140. The van der Waals surface area contributed by atoms with Gasteiger partial charge in [-0.1, -0.05) is 24.3 Å². The van der Waals surface area contributed by atoms with Crippen molar-refractivity contribution in [1.29, 1.82) is 0 Å². The van der Waals surface area contributed by atoms with Gasteiger partial charge in [-0.05, 0) is 59.7 Å². The molecule has 1 aromatic carbocycles. The number of thiophene rings is 1. The second-order valence-corrected chi connectivity index (χ2v) is 9.56. The highest BCUT2D eigenvalue weighted by molar-refractivity contribution is 7.17. The number of morpholine rings is 1. The Labute approximate surface area is 193 Å². The fraction of sp³-hybridized carbons (Fsp3) is 0.385. The third-order valence-electron chi connectivity index (χ3n) is 6.36. The van der Waals surface area contributed by atoms with Gasteiger partial charge < -0.3 is 9.64 Å². The van der Waals surface area contributed by atoms with E-state index < -0.39 is 0 Å². The van der Waals surface area contributed by atoms with E-state index in [1.165, 1.54) is 21.6 Å². The van der Waals surface area contributed by atoms with E-state index in [4.69, 9.17) is 4.74 Å². The maximum Gasteiger partial charge on any atom is 0.264 e. The van der Waals surface area contributed by atoms with Gasteiger partial charge in [-0.2, -0.15) is 0 Å². The largest absolute Gasteiger partial charge is 0.379 e. The van der Waals surface area contributed by atoms with Gasteiger partial charge in [0, 0.05) is 50.0 Å². The van der Waals surface area contributed by atoms with E-state index in [2.05, 4.69) is 40.2 Å². The quantitative estimate of drug-likeness (QED) is 0.543. The molecule has 1 saturated heterocycles. The van der Waals surface area contributed by atoms with Crippen LogP contribution < -0.4 is 0 Å². The number of carbonyl (C=O) groups excluding carboxylic acids is 1. The second-order valence-electron chi connectivity index (χ2n) is 8.51. The molecular weight excluding hydrogens is 418 g/mol. The maximum absolute atomic E-state index is 13.6. The van der Waals surface area contributed by atoms with Crippen LogP contribution in [0, 0.1) is 0 Å². The van der Waals surface area contributed by atoms with Gasteiger partial charge in [0.05, 0.1) is 18.1 Å². The smallest absolute Gasteiger partial charge is 0.264 e. The summed E-state index contributed by atoms with van der Waals surface area (Å²) >= 11 is 1.66. The highest BCUT2D eigenvalue weighted by atomic mass is 32.1. The molecule has 3 heterocycles. The first-order valence-corrected chi connectivity index (χ1v) is 12.3. The molecule has 0 unspecified atom stereocenters. The van der Waals surface area contributed by atoms with Crippen LogP contribution in [0.1, 0.15) is 32.8 Å². The predicted molar refractivity (Wildman–Crippen MR) is 128 cm³/mol. The summed E-state index contributed by atoms with van der Waals surface area (Å²) in [6.07, 6.45) is 6.62.